The van der Waals surface area contributed by atoms with E-state index in [9.17, 15) is 4.79 Å². The topological polar surface area (TPSA) is 63.1 Å². The lowest BCUT2D eigenvalue weighted by Gasteiger charge is -1.96. The Kier molecular flexibility index (Phi) is 2.24. The highest BCUT2D eigenvalue weighted by atomic mass is 32.1. The molecule has 0 fully saturated rings. The van der Waals surface area contributed by atoms with E-state index in [0.717, 1.165) is 5.56 Å². The smallest absolute Gasteiger partial charge is 0.356 e. The molecule has 4 nitrogen and oxygen atoms in total. The molecular formula is C9H6N2O2S. The van der Waals surface area contributed by atoms with Crippen LogP contribution in [0.4, 0.5) is 0 Å². The van der Waals surface area contributed by atoms with Crippen LogP contribution in [0.1, 0.15) is 10.5 Å². The quantitative estimate of drug-likeness (QED) is 0.815. The van der Waals surface area contributed by atoms with E-state index in [-0.39, 0.29) is 5.69 Å². The minimum Gasteiger partial charge on any atom is -0.476 e. The second-order valence-corrected chi connectivity index (χ2v) is 3.43. The van der Waals surface area contributed by atoms with Crippen LogP contribution in [0.5, 0.6) is 0 Å². The van der Waals surface area contributed by atoms with Gasteiger partial charge in [-0.25, -0.2) is 9.78 Å². The van der Waals surface area contributed by atoms with Crippen molar-refractivity contribution in [2.45, 2.75) is 0 Å². The number of thiazole rings is 1. The van der Waals surface area contributed by atoms with Gasteiger partial charge in [0, 0.05) is 18.0 Å². The summed E-state index contributed by atoms with van der Waals surface area (Å²) in [6.07, 6.45) is 3.27. The normalized spacial score (nSPS) is 10.0. The fraction of sp³-hybridized carbons (Fsp3) is 0. The molecule has 0 radical (unpaired) electrons. The maximum absolute atomic E-state index is 10.8. The third kappa shape index (κ3) is 1.49. The molecule has 0 unspecified atom stereocenters. The number of pyridine rings is 1. The molecule has 0 atom stereocenters. The van der Waals surface area contributed by atoms with Gasteiger partial charge in [-0.2, -0.15) is 0 Å². The van der Waals surface area contributed by atoms with Gasteiger partial charge in [-0.3, -0.25) is 4.98 Å². The van der Waals surface area contributed by atoms with Crippen LogP contribution in [0, 0.1) is 0 Å². The first-order chi connectivity index (χ1) is 6.79. The van der Waals surface area contributed by atoms with Crippen molar-refractivity contribution in [3.8, 4) is 10.4 Å². The van der Waals surface area contributed by atoms with Gasteiger partial charge < -0.3 is 5.11 Å². The first-order valence-electron chi connectivity index (χ1n) is 3.86. The number of hydrogen-bond acceptors (Lipinski definition) is 4. The van der Waals surface area contributed by atoms with Crippen molar-refractivity contribution >= 4 is 17.3 Å². The average Bonchev–Trinajstić information content (AvgIpc) is 2.67. The molecule has 0 aliphatic heterocycles. The number of carbonyl (C=O) groups is 1. The van der Waals surface area contributed by atoms with E-state index in [4.69, 9.17) is 5.11 Å². The fourth-order valence-corrected chi connectivity index (χ4v) is 1.87. The number of carboxylic acids is 1. The SMILES string of the molecule is O=C(O)c1ncsc1-c1cccnc1. The van der Waals surface area contributed by atoms with Crippen LogP contribution < -0.4 is 0 Å². The summed E-state index contributed by atoms with van der Waals surface area (Å²) in [6, 6.07) is 3.58. The molecule has 5 heteroatoms. The number of hydrogen-bond donors (Lipinski definition) is 1. The first-order valence-corrected chi connectivity index (χ1v) is 4.74. The van der Waals surface area contributed by atoms with Crippen molar-refractivity contribution in [2.24, 2.45) is 0 Å². The molecule has 1 N–H and O–H groups in total. The Morgan fingerprint density at radius 2 is 2.36 bits per heavy atom. The molecule has 0 amide bonds. The average molecular weight is 206 g/mol. The van der Waals surface area contributed by atoms with Crippen LogP contribution in [0.15, 0.2) is 30.0 Å². The van der Waals surface area contributed by atoms with Gasteiger partial charge in [0.25, 0.3) is 0 Å². The van der Waals surface area contributed by atoms with Gasteiger partial charge in [-0.15, -0.1) is 11.3 Å². The first kappa shape index (κ1) is 8.83. The Morgan fingerprint density at radius 3 is 3.00 bits per heavy atom. The molecule has 2 rings (SSSR count). The van der Waals surface area contributed by atoms with Crippen molar-refractivity contribution in [3.05, 3.63) is 35.7 Å². The van der Waals surface area contributed by atoms with Crippen molar-refractivity contribution in [3.63, 3.8) is 0 Å². The molecule has 0 saturated heterocycles. The standard InChI is InChI=1S/C9H6N2O2S/c12-9(13)7-8(14-5-11-7)6-2-1-3-10-4-6/h1-5H,(H,12,13). The predicted octanol–water partition coefficient (Wildman–Crippen LogP) is 1.90. The van der Waals surface area contributed by atoms with Gasteiger partial charge >= 0.3 is 5.97 Å². The van der Waals surface area contributed by atoms with E-state index >= 15 is 0 Å². The summed E-state index contributed by atoms with van der Waals surface area (Å²) >= 11 is 1.30. The van der Waals surface area contributed by atoms with Crippen LogP contribution in [0.3, 0.4) is 0 Å². The molecule has 2 aromatic rings. The van der Waals surface area contributed by atoms with E-state index in [1.807, 2.05) is 6.07 Å². The monoisotopic (exact) mass is 206 g/mol. The molecule has 0 aliphatic carbocycles. The van der Waals surface area contributed by atoms with Crippen molar-refractivity contribution in [1.82, 2.24) is 9.97 Å². The van der Waals surface area contributed by atoms with Gasteiger partial charge in [0.15, 0.2) is 5.69 Å². The number of rotatable bonds is 2. The van der Waals surface area contributed by atoms with E-state index in [2.05, 4.69) is 9.97 Å². The predicted molar refractivity (Wildman–Crippen MR) is 52.3 cm³/mol. The Bertz CT molecular complexity index is 453. The zero-order valence-corrected chi connectivity index (χ0v) is 7.86. The minimum absolute atomic E-state index is 0.0861. The highest BCUT2D eigenvalue weighted by molar-refractivity contribution is 7.13. The third-order valence-electron chi connectivity index (χ3n) is 1.69. The fourth-order valence-electron chi connectivity index (χ4n) is 1.10. The van der Waals surface area contributed by atoms with E-state index < -0.39 is 5.97 Å². The molecule has 0 aromatic carbocycles. The maximum Gasteiger partial charge on any atom is 0.356 e. The molecule has 0 bridgehead atoms. The zero-order chi connectivity index (χ0) is 9.97. The molecule has 0 aliphatic rings. The van der Waals surface area contributed by atoms with Crippen LogP contribution >= 0.6 is 11.3 Å². The lowest BCUT2D eigenvalue weighted by Crippen LogP contribution is -1.98. The van der Waals surface area contributed by atoms with Crippen LogP contribution in [0.25, 0.3) is 10.4 Å². The van der Waals surface area contributed by atoms with Gasteiger partial charge in [-0.1, -0.05) is 6.07 Å². The van der Waals surface area contributed by atoms with Gasteiger partial charge in [-0.05, 0) is 6.07 Å². The largest absolute Gasteiger partial charge is 0.476 e. The maximum atomic E-state index is 10.8. The second kappa shape index (κ2) is 3.55. The van der Waals surface area contributed by atoms with Crippen LogP contribution in [-0.2, 0) is 0 Å². The third-order valence-corrected chi connectivity index (χ3v) is 2.57. The molecule has 70 valence electrons. The highest BCUT2D eigenvalue weighted by Crippen LogP contribution is 2.26. The van der Waals surface area contributed by atoms with E-state index in [0.29, 0.717) is 4.88 Å². The number of carboxylic acid groups (broad SMARTS) is 1. The number of nitrogens with zero attached hydrogens (tertiary/aromatic N) is 2. The van der Waals surface area contributed by atoms with Crippen molar-refractivity contribution < 1.29 is 9.90 Å². The molecule has 0 spiro atoms. The van der Waals surface area contributed by atoms with Crippen molar-refractivity contribution in [2.75, 3.05) is 0 Å². The zero-order valence-electron chi connectivity index (χ0n) is 7.04. The summed E-state index contributed by atoms with van der Waals surface area (Å²) in [5, 5.41) is 8.84. The summed E-state index contributed by atoms with van der Waals surface area (Å²) in [7, 11) is 0. The minimum atomic E-state index is -1.01. The molecule has 2 aromatic heterocycles. The van der Waals surface area contributed by atoms with Gasteiger partial charge in [0.05, 0.1) is 10.4 Å². The summed E-state index contributed by atoms with van der Waals surface area (Å²) in [6.45, 7) is 0. The summed E-state index contributed by atoms with van der Waals surface area (Å²) in [5.41, 5.74) is 2.39. The molecule has 14 heavy (non-hydrogen) atoms. The van der Waals surface area contributed by atoms with Crippen molar-refractivity contribution in [1.29, 1.82) is 0 Å². The molecular weight excluding hydrogens is 200 g/mol. The second-order valence-electron chi connectivity index (χ2n) is 2.58. The molecule has 0 saturated carbocycles. The molecule has 2 heterocycles. The Morgan fingerprint density at radius 1 is 1.50 bits per heavy atom. The van der Waals surface area contributed by atoms with E-state index in [1.54, 1.807) is 18.5 Å². The lowest BCUT2D eigenvalue weighted by molar-refractivity contribution is 0.0692. The Labute approximate surface area is 83.9 Å². The van der Waals surface area contributed by atoms with Gasteiger partial charge in [0.2, 0.25) is 0 Å². The summed E-state index contributed by atoms with van der Waals surface area (Å²) in [5.74, 6) is -1.01. The number of aromatic nitrogens is 2. The Balaban J connectivity index is 2.52. The number of aromatic carboxylic acids is 1. The summed E-state index contributed by atoms with van der Waals surface area (Å²) < 4.78 is 0. The van der Waals surface area contributed by atoms with Crippen LogP contribution in [-0.4, -0.2) is 21.0 Å². The van der Waals surface area contributed by atoms with Gasteiger partial charge in [0.1, 0.15) is 0 Å². The van der Waals surface area contributed by atoms with Crippen LogP contribution in [0.2, 0.25) is 0 Å². The summed E-state index contributed by atoms with van der Waals surface area (Å²) in [4.78, 5) is 19.1. The lowest BCUT2D eigenvalue weighted by atomic mass is 10.2. The Hall–Kier alpha value is -1.75. The van der Waals surface area contributed by atoms with E-state index in [1.165, 1.54) is 16.8 Å². The highest BCUT2D eigenvalue weighted by Gasteiger charge is 2.14.